The molecule has 0 heterocycles. The largest absolute Gasteiger partial charge is 0.377 e. The predicted octanol–water partition coefficient (Wildman–Crippen LogP) is 1.70. The molecule has 0 saturated carbocycles. The van der Waals surface area contributed by atoms with Gasteiger partial charge in [0.05, 0.1) is 18.8 Å². The van der Waals surface area contributed by atoms with Crippen molar-refractivity contribution in [2.75, 3.05) is 19.7 Å². The fourth-order valence-electron chi connectivity index (χ4n) is 1.40. The van der Waals surface area contributed by atoms with Gasteiger partial charge < -0.3 is 15.4 Å². The van der Waals surface area contributed by atoms with Crippen molar-refractivity contribution < 1.29 is 9.53 Å². The Morgan fingerprint density at radius 3 is 2.47 bits per heavy atom. The van der Waals surface area contributed by atoms with Crippen LogP contribution in [-0.2, 0) is 9.53 Å². The molecular weight excluding hydrogens is 216 g/mol. The Bertz CT molecular complexity index is 196. The average molecular weight is 244 g/mol. The summed E-state index contributed by atoms with van der Waals surface area (Å²) in [6.07, 6.45) is 3.65. The molecule has 0 radical (unpaired) electrons. The molecule has 1 atom stereocenters. The second-order valence-corrected chi connectivity index (χ2v) is 4.59. The van der Waals surface area contributed by atoms with Gasteiger partial charge in [-0.1, -0.05) is 19.8 Å². The van der Waals surface area contributed by atoms with Gasteiger partial charge in [-0.2, -0.15) is 0 Å². The van der Waals surface area contributed by atoms with Gasteiger partial charge in [-0.05, 0) is 27.2 Å². The molecule has 2 N–H and O–H groups in total. The van der Waals surface area contributed by atoms with Crippen molar-refractivity contribution in [2.24, 2.45) is 0 Å². The maximum Gasteiger partial charge on any atom is 0.236 e. The number of carbonyl (C=O) groups excluding carboxylic acids is 1. The second-order valence-electron chi connectivity index (χ2n) is 4.59. The van der Waals surface area contributed by atoms with E-state index < -0.39 is 0 Å². The number of hydrogen-bond acceptors (Lipinski definition) is 3. The minimum atomic E-state index is -0.146. The summed E-state index contributed by atoms with van der Waals surface area (Å²) in [7, 11) is 0. The lowest BCUT2D eigenvalue weighted by molar-refractivity contribution is -0.122. The molecule has 0 aromatic rings. The minimum absolute atomic E-state index is 0.0747. The molecule has 0 spiro atoms. The van der Waals surface area contributed by atoms with E-state index in [1.807, 2.05) is 20.8 Å². The molecule has 4 heteroatoms. The van der Waals surface area contributed by atoms with Crippen LogP contribution in [-0.4, -0.2) is 37.7 Å². The number of amides is 1. The van der Waals surface area contributed by atoms with E-state index in [2.05, 4.69) is 17.6 Å². The van der Waals surface area contributed by atoms with Crippen molar-refractivity contribution in [3.05, 3.63) is 0 Å². The van der Waals surface area contributed by atoms with Gasteiger partial charge in [-0.25, -0.2) is 0 Å². The first-order valence-electron chi connectivity index (χ1n) is 6.70. The van der Waals surface area contributed by atoms with E-state index >= 15 is 0 Å². The Hall–Kier alpha value is -0.610. The maximum atomic E-state index is 11.6. The summed E-state index contributed by atoms with van der Waals surface area (Å²) >= 11 is 0. The van der Waals surface area contributed by atoms with Crippen LogP contribution in [0.15, 0.2) is 0 Å². The van der Waals surface area contributed by atoms with Gasteiger partial charge in [-0.3, -0.25) is 4.79 Å². The van der Waals surface area contributed by atoms with Gasteiger partial charge in [-0.15, -0.1) is 0 Å². The van der Waals surface area contributed by atoms with Crippen LogP contribution >= 0.6 is 0 Å². The van der Waals surface area contributed by atoms with Crippen LogP contribution in [0.4, 0.5) is 0 Å². The van der Waals surface area contributed by atoms with Crippen LogP contribution < -0.4 is 10.6 Å². The van der Waals surface area contributed by atoms with E-state index in [0.29, 0.717) is 13.2 Å². The highest BCUT2D eigenvalue weighted by molar-refractivity contribution is 5.81. The van der Waals surface area contributed by atoms with Crippen LogP contribution in [0.25, 0.3) is 0 Å². The van der Waals surface area contributed by atoms with Crippen LogP contribution in [0.1, 0.15) is 47.0 Å². The fraction of sp³-hybridized carbons (Fsp3) is 0.923. The summed E-state index contributed by atoms with van der Waals surface area (Å²) in [6, 6.07) is -0.146. The molecule has 0 bridgehead atoms. The first-order chi connectivity index (χ1) is 8.07. The van der Waals surface area contributed by atoms with Crippen LogP contribution in [0, 0.1) is 0 Å². The molecule has 0 aromatic carbocycles. The quantitative estimate of drug-likeness (QED) is 0.575. The standard InChI is InChI=1S/C13H28N2O2/c1-5-6-7-8-15-13(16)12(4)14-9-10-17-11(2)3/h11-12,14H,5-10H2,1-4H3,(H,15,16). The lowest BCUT2D eigenvalue weighted by atomic mass is 10.2. The summed E-state index contributed by atoms with van der Waals surface area (Å²) in [5.41, 5.74) is 0. The summed E-state index contributed by atoms with van der Waals surface area (Å²) in [5, 5.41) is 6.07. The molecule has 0 rings (SSSR count). The van der Waals surface area contributed by atoms with Gasteiger partial charge in [0.15, 0.2) is 0 Å². The maximum absolute atomic E-state index is 11.6. The van der Waals surface area contributed by atoms with Gasteiger partial charge in [0.1, 0.15) is 0 Å². The first-order valence-corrected chi connectivity index (χ1v) is 6.70. The highest BCUT2D eigenvalue weighted by Crippen LogP contribution is 1.92. The molecule has 0 aromatic heterocycles. The average Bonchev–Trinajstić information content (AvgIpc) is 2.29. The molecule has 0 aliphatic rings. The zero-order valence-electron chi connectivity index (χ0n) is 11.7. The Morgan fingerprint density at radius 1 is 1.18 bits per heavy atom. The lowest BCUT2D eigenvalue weighted by Gasteiger charge is -2.14. The fourth-order valence-corrected chi connectivity index (χ4v) is 1.40. The molecule has 17 heavy (non-hydrogen) atoms. The zero-order chi connectivity index (χ0) is 13.1. The molecular formula is C13H28N2O2. The van der Waals surface area contributed by atoms with E-state index in [1.54, 1.807) is 0 Å². The molecule has 0 saturated heterocycles. The topological polar surface area (TPSA) is 50.4 Å². The molecule has 0 aliphatic heterocycles. The summed E-state index contributed by atoms with van der Waals surface area (Å²) in [5.74, 6) is 0.0747. The molecule has 4 nitrogen and oxygen atoms in total. The Labute approximate surface area is 105 Å². The highest BCUT2D eigenvalue weighted by atomic mass is 16.5. The van der Waals surface area contributed by atoms with Gasteiger partial charge >= 0.3 is 0 Å². The lowest BCUT2D eigenvalue weighted by Crippen LogP contribution is -2.43. The van der Waals surface area contributed by atoms with E-state index in [1.165, 1.54) is 12.8 Å². The van der Waals surface area contributed by atoms with Crippen LogP contribution in [0.2, 0.25) is 0 Å². The van der Waals surface area contributed by atoms with Crippen molar-refractivity contribution in [3.8, 4) is 0 Å². The van der Waals surface area contributed by atoms with E-state index in [0.717, 1.165) is 13.0 Å². The SMILES string of the molecule is CCCCCNC(=O)C(C)NCCOC(C)C. The van der Waals surface area contributed by atoms with Crippen molar-refractivity contribution in [1.82, 2.24) is 10.6 Å². The minimum Gasteiger partial charge on any atom is -0.377 e. The number of ether oxygens (including phenoxy) is 1. The number of hydrogen-bond donors (Lipinski definition) is 2. The zero-order valence-corrected chi connectivity index (χ0v) is 11.7. The van der Waals surface area contributed by atoms with E-state index in [9.17, 15) is 4.79 Å². The Balaban J connectivity index is 3.47. The summed E-state index contributed by atoms with van der Waals surface area (Å²) < 4.78 is 5.39. The second kappa shape index (κ2) is 10.5. The highest BCUT2D eigenvalue weighted by Gasteiger charge is 2.10. The van der Waals surface area contributed by atoms with Gasteiger partial charge in [0.2, 0.25) is 5.91 Å². The number of carbonyl (C=O) groups is 1. The van der Waals surface area contributed by atoms with Crippen molar-refractivity contribution in [2.45, 2.75) is 59.1 Å². The third kappa shape index (κ3) is 10.3. The first kappa shape index (κ1) is 16.4. The predicted molar refractivity (Wildman–Crippen MR) is 71.1 cm³/mol. The van der Waals surface area contributed by atoms with E-state index in [4.69, 9.17) is 4.74 Å². The molecule has 1 unspecified atom stereocenters. The smallest absolute Gasteiger partial charge is 0.236 e. The molecule has 0 aliphatic carbocycles. The van der Waals surface area contributed by atoms with Gasteiger partial charge in [0, 0.05) is 13.1 Å². The van der Waals surface area contributed by atoms with E-state index in [-0.39, 0.29) is 18.1 Å². The summed E-state index contributed by atoms with van der Waals surface area (Å²) in [4.78, 5) is 11.6. The summed E-state index contributed by atoms with van der Waals surface area (Å²) in [6.45, 7) is 10.2. The van der Waals surface area contributed by atoms with Crippen molar-refractivity contribution in [3.63, 3.8) is 0 Å². The number of unbranched alkanes of at least 4 members (excludes halogenated alkanes) is 2. The molecule has 102 valence electrons. The van der Waals surface area contributed by atoms with Crippen molar-refractivity contribution >= 4 is 5.91 Å². The number of rotatable bonds is 10. The number of nitrogens with one attached hydrogen (secondary N) is 2. The van der Waals surface area contributed by atoms with Gasteiger partial charge in [0.25, 0.3) is 0 Å². The third-order valence-electron chi connectivity index (χ3n) is 2.48. The van der Waals surface area contributed by atoms with Crippen LogP contribution in [0.5, 0.6) is 0 Å². The third-order valence-corrected chi connectivity index (χ3v) is 2.48. The molecule has 1 amide bonds. The normalized spacial score (nSPS) is 12.8. The Morgan fingerprint density at radius 2 is 1.88 bits per heavy atom. The van der Waals surface area contributed by atoms with Crippen LogP contribution in [0.3, 0.4) is 0 Å². The monoisotopic (exact) mass is 244 g/mol. The van der Waals surface area contributed by atoms with Crippen molar-refractivity contribution in [1.29, 1.82) is 0 Å². The Kier molecular flexibility index (Phi) is 10.2. The molecule has 0 fully saturated rings.